The molecule has 0 spiro atoms. The van der Waals surface area contributed by atoms with Crippen molar-refractivity contribution < 1.29 is 4.74 Å². The first-order chi connectivity index (χ1) is 6.77. The van der Waals surface area contributed by atoms with Gasteiger partial charge in [0, 0.05) is 0 Å². The number of hydrogen-bond acceptors (Lipinski definition) is 2. The smallest absolute Gasteiger partial charge is 0.119 e. The lowest BCUT2D eigenvalue weighted by Crippen LogP contribution is -2.04. The van der Waals surface area contributed by atoms with E-state index >= 15 is 0 Å². The molecule has 0 fully saturated rings. The highest BCUT2D eigenvalue weighted by Gasteiger charge is 2.03. The molecule has 0 bridgehead atoms. The lowest BCUT2D eigenvalue weighted by atomic mass is 9.98. The molecular formula is C12H19NO. The SMILES string of the molecule is CCOc1ccc(C(C)CCN)cc1. The Morgan fingerprint density at radius 3 is 2.43 bits per heavy atom. The largest absolute Gasteiger partial charge is 0.494 e. The molecule has 0 saturated heterocycles. The molecule has 1 rings (SSSR count). The van der Waals surface area contributed by atoms with Crippen LogP contribution in [0.15, 0.2) is 24.3 Å². The second-order valence-electron chi connectivity index (χ2n) is 3.48. The highest BCUT2D eigenvalue weighted by Crippen LogP contribution is 2.21. The summed E-state index contributed by atoms with van der Waals surface area (Å²) in [7, 11) is 0. The molecule has 2 heteroatoms. The summed E-state index contributed by atoms with van der Waals surface area (Å²) in [5.41, 5.74) is 6.85. The van der Waals surface area contributed by atoms with Crippen molar-refractivity contribution in [1.82, 2.24) is 0 Å². The van der Waals surface area contributed by atoms with Gasteiger partial charge in [-0.05, 0) is 43.5 Å². The molecule has 2 nitrogen and oxygen atoms in total. The molecule has 1 atom stereocenters. The van der Waals surface area contributed by atoms with Crippen LogP contribution in [0, 0.1) is 0 Å². The zero-order valence-electron chi connectivity index (χ0n) is 8.99. The highest BCUT2D eigenvalue weighted by molar-refractivity contribution is 5.29. The molecule has 1 aromatic carbocycles. The van der Waals surface area contributed by atoms with Gasteiger partial charge in [0.15, 0.2) is 0 Å². The van der Waals surface area contributed by atoms with E-state index in [1.807, 2.05) is 19.1 Å². The monoisotopic (exact) mass is 193 g/mol. The van der Waals surface area contributed by atoms with Gasteiger partial charge in [0.2, 0.25) is 0 Å². The van der Waals surface area contributed by atoms with Crippen molar-refractivity contribution in [2.45, 2.75) is 26.2 Å². The van der Waals surface area contributed by atoms with Crippen LogP contribution in [0.1, 0.15) is 31.7 Å². The second kappa shape index (κ2) is 5.66. The van der Waals surface area contributed by atoms with Crippen LogP contribution in [0.5, 0.6) is 5.75 Å². The van der Waals surface area contributed by atoms with Gasteiger partial charge in [0.05, 0.1) is 6.61 Å². The third-order valence-electron chi connectivity index (χ3n) is 2.36. The molecule has 0 amide bonds. The minimum atomic E-state index is 0.538. The zero-order valence-corrected chi connectivity index (χ0v) is 8.99. The zero-order chi connectivity index (χ0) is 10.4. The number of nitrogens with two attached hydrogens (primary N) is 1. The van der Waals surface area contributed by atoms with Crippen LogP contribution in [0.2, 0.25) is 0 Å². The fourth-order valence-electron chi connectivity index (χ4n) is 1.48. The molecule has 0 aromatic heterocycles. The summed E-state index contributed by atoms with van der Waals surface area (Å²) in [5, 5.41) is 0. The minimum absolute atomic E-state index is 0.538. The number of rotatable bonds is 5. The van der Waals surface area contributed by atoms with Crippen molar-refractivity contribution in [3.05, 3.63) is 29.8 Å². The topological polar surface area (TPSA) is 35.2 Å². The third kappa shape index (κ3) is 3.04. The fraction of sp³-hybridized carbons (Fsp3) is 0.500. The molecular weight excluding hydrogens is 174 g/mol. The van der Waals surface area contributed by atoms with Gasteiger partial charge in [-0.15, -0.1) is 0 Å². The van der Waals surface area contributed by atoms with Crippen molar-refractivity contribution >= 4 is 0 Å². The van der Waals surface area contributed by atoms with Crippen LogP contribution < -0.4 is 10.5 Å². The summed E-state index contributed by atoms with van der Waals surface area (Å²) in [6.45, 7) is 5.65. The van der Waals surface area contributed by atoms with Gasteiger partial charge in [0.25, 0.3) is 0 Å². The van der Waals surface area contributed by atoms with E-state index in [4.69, 9.17) is 10.5 Å². The molecule has 0 aliphatic carbocycles. The van der Waals surface area contributed by atoms with Crippen LogP contribution in [0.4, 0.5) is 0 Å². The second-order valence-corrected chi connectivity index (χ2v) is 3.48. The average molecular weight is 193 g/mol. The van der Waals surface area contributed by atoms with E-state index in [1.54, 1.807) is 0 Å². The van der Waals surface area contributed by atoms with Crippen molar-refractivity contribution in [3.8, 4) is 5.75 Å². The van der Waals surface area contributed by atoms with E-state index in [2.05, 4.69) is 19.1 Å². The summed E-state index contributed by atoms with van der Waals surface area (Å²) < 4.78 is 5.38. The average Bonchev–Trinajstić information content (AvgIpc) is 2.20. The molecule has 0 aliphatic heterocycles. The van der Waals surface area contributed by atoms with Crippen LogP contribution in [-0.4, -0.2) is 13.2 Å². The van der Waals surface area contributed by atoms with Crippen molar-refractivity contribution in [2.75, 3.05) is 13.2 Å². The molecule has 0 radical (unpaired) electrons. The van der Waals surface area contributed by atoms with Crippen LogP contribution in [-0.2, 0) is 0 Å². The summed E-state index contributed by atoms with van der Waals surface area (Å²) in [6.07, 6.45) is 1.04. The third-order valence-corrected chi connectivity index (χ3v) is 2.36. The predicted octanol–water partition coefficient (Wildman–Crippen LogP) is 2.54. The van der Waals surface area contributed by atoms with Crippen LogP contribution >= 0.6 is 0 Å². The van der Waals surface area contributed by atoms with Crippen molar-refractivity contribution in [2.24, 2.45) is 5.73 Å². The molecule has 14 heavy (non-hydrogen) atoms. The Bertz CT molecular complexity index is 256. The fourth-order valence-corrected chi connectivity index (χ4v) is 1.48. The number of ether oxygens (including phenoxy) is 1. The van der Waals surface area contributed by atoms with E-state index in [0.29, 0.717) is 5.92 Å². The van der Waals surface area contributed by atoms with Gasteiger partial charge < -0.3 is 10.5 Å². The molecule has 2 N–H and O–H groups in total. The Morgan fingerprint density at radius 1 is 1.29 bits per heavy atom. The maximum atomic E-state index is 5.52. The highest BCUT2D eigenvalue weighted by atomic mass is 16.5. The Morgan fingerprint density at radius 2 is 1.93 bits per heavy atom. The molecule has 1 unspecified atom stereocenters. The Labute approximate surface area is 86.1 Å². The van der Waals surface area contributed by atoms with Gasteiger partial charge in [-0.3, -0.25) is 0 Å². The molecule has 0 aliphatic rings. The summed E-state index contributed by atoms with van der Waals surface area (Å²) in [6, 6.07) is 8.27. The van der Waals surface area contributed by atoms with Gasteiger partial charge in [-0.2, -0.15) is 0 Å². The molecule has 0 saturated carbocycles. The van der Waals surface area contributed by atoms with Crippen LogP contribution in [0.3, 0.4) is 0 Å². The molecule has 1 aromatic rings. The lowest BCUT2D eigenvalue weighted by molar-refractivity contribution is 0.340. The van der Waals surface area contributed by atoms with Gasteiger partial charge in [0.1, 0.15) is 5.75 Å². The van der Waals surface area contributed by atoms with E-state index < -0.39 is 0 Å². The summed E-state index contributed by atoms with van der Waals surface area (Å²) >= 11 is 0. The first-order valence-corrected chi connectivity index (χ1v) is 5.20. The van der Waals surface area contributed by atoms with Gasteiger partial charge in [-0.25, -0.2) is 0 Å². The van der Waals surface area contributed by atoms with E-state index in [0.717, 1.165) is 25.3 Å². The standard InChI is InChI=1S/C12H19NO/c1-3-14-12-6-4-11(5-7-12)10(2)8-9-13/h4-7,10H,3,8-9,13H2,1-2H3. The minimum Gasteiger partial charge on any atom is -0.494 e. The number of hydrogen-bond donors (Lipinski definition) is 1. The molecule has 0 heterocycles. The van der Waals surface area contributed by atoms with E-state index in [-0.39, 0.29) is 0 Å². The quantitative estimate of drug-likeness (QED) is 0.780. The molecule has 78 valence electrons. The Hall–Kier alpha value is -1.02. The summed E-state index contributed by atoms with van der Waals surface area (Å²) in [5.74, 6) is 1.48. The normalized spacial score (nSPS) is 12.5. The first-order valence-electron chi connectivity index (χ1n) is 5.20. The first kappa shape index (κ1) is 11.1. The maximum Gasteiger partial charge on any atom is 0.119 e. The van der Waals surface area contributed by atoms with Crippen LogP contribution in [0.25, 0.3) is 0 Å². The lowest BCUT2D eigenvalue weighted by Gasteiger charge is -2.11. The maximum absolute atomic E-state index is 5.52. The van der Waals surface area contributed by atoms with Gasteiger partial charge >= 0.3 is 0 Å². The van der Waals surface area contributed by atoms with E-state index in [1.165, 1.54) is 5.56 Å². The van der Waals surface area contributed by atoms with Gasteiger partial charge in [-0.1, -0.05) is 19.1 Å². The summed E-state index contributed by atoms with van der Waals surface area (Å²) in [4.78, 5) is 0. The number of benzene rings is 1. The Kier molecular flexibility index (Phi) is 4.47. The van der Waals surface area contributed by atoms with Crippen molar-refractivity contribution in [3.63, 3.8) is 0 Å². The Balaban J connectivity index is 2.62. The van der Waals surface area contributed by atoms with Crippen molar-refractivity contribution in [1.29, 1.82) is 0 Å². The van der Waals surface area contributed by atoms with E-state index in [9.17, 15) is 0 Å². The predicted molar refractivity (Wildman–Crippen MR) is 59.7 cm³/mol.